The highest BCUT2D eigenvalue weighted by molar-refractivity contribution is 6.76. The molecule has 0 N–H and O–H groups in total. The minimum Gasteiger partial charge on any atom is -0.360 e. The Morgan fingerprint density at radius 2 is 2.09 bits per heavy atom. The van der Waals surface area contributed by atoms with E-state index in [1.807, 2.05) is 0 Å². The molecular weight excluding hydrogens is 318 g/mol. The first-order valence-electron chi connectivity index (χ1n) is 7.12. The van der Waals surface area contributed by atoms with Crippen molar-refractivity contribution in [3.05, 3.63) is 47.0 Å². The zero-order valence-electron chi connectivity index (χ0n) is 13.0. The summed E-state index contributed by atoms with van der Waals surface area (Å²) in [4.78, 5) is 16.3. The quantitative estimate of drug-likeness (QED) is 0.441. The van der Waals surface area contributed by atoms with Crippen LogP contribution in [0, 0.1) is 0 Å². The number of ether oxygens (including phenoxy) is 1. The zero-order valence-corrected chi connectivity index (χ0v) is 14.8. The van der Waals surface area contributed by atoms with E-state index in [2.05, 4.69) is 29.7 Å². The number of aromatic nitrogens is 3. The van der Waals surface area contributed by atoms with Crippen molar-refractivity contribution < 1.29 is 9.53 Å². The fraction of sp³-hybridized carbons (Fsp3) is 0.400. The van der Waals surface area contributed by atoms with Crippen molar-refractivity contribution in [3.63, 3.8) is 0 Å². The Hall–Kier alpha value is -1.50. The maximum atomic E-state index is 12.2. The van der Waals surface area contributed by atoms with E-state index in [0.29, 0.717) is 23.0 Å². The molecule has 0 saturated heterocycles. The molecule has 0 fully saturated rings. The fourth-order valence-corrected chi connectivity index (χ4v) is 2.61. The average molecular weight is 338 g/mol. The van der Waals surface area contributed by atoms with Gasteiger partial charge >= 0.3 is 0 Å². The highest BCUT2D eigenvalue weighted by atomic mass is 35.5. The molecule has 118 valence electrons. The summed E-state index contributed by atoms with van der Waals surface area (Å²) in [5.41, 5.74) is 0.840. The molecule has 2 rings (SSSR count). The molecule has 2 aromatic rings. The molecule has 0 spiro atoms. The van der Waals surface area contributed by atoms with E-state index < -0.39 is 8.07 Å². The summed E-state index contributed by atoms with van der Waals surface area (Å²) < 4.78 is 7.22. The summed E-state index contributed by atoms with van der Waals surface area (Å²) in [7, 11) is -1.08. The molecular formula is C15H20ClN3O2Si. The van der Waals surface area contributed by atoms with E-state index in [1.165, 1.54) is 12.4 Å². The standard InChI is InChI=1S/C15H20ClN3O2Si/c1-22(2,3)7-6-21-11-19-10-12(8-18-19)15(20)14-5-4-13(16)9-17-14/h4-5,8-10H,6-7,11H2,1-3H3. The van der Waals surface area contributed by atoms with Crippen LogP contribution in [0.15, 0.2) is 30.7 Å². The van der Waals surface area contributed by atoms with Gasteiger partial charge in [0.1, 0.15) is 12.4 Å². The molecule has 0 aliphatic rings. The Kier molecular flexibility index (Phi) is 5.50. The van der Waals surface area contributed by atoms with Gasteiger partial charge in [0.15, 0.2) is 0 Å². The lowest BCUT2D eigenvalue weighted by Gasteiger charge is -2.15. The first-order valence-corrected chi connectivity index (χ1v) is 11.2. The molecule has 0 saturated carbocycles. The molecule has 2 heterocycles. The van der Waals surface area contributed by atoms with E-state index >= 15 is 0 Å². The Labute approximate surface area is 136 Å². The number of rotatable bonds is 7. The minimum atomic E-state index is -1.08. The van der Waals surface area contributed by atoms with Gasteiger partial charge < -0.3 is 4.74 Å². The third-order valence-electron chi connectivity index (χ3n) is 3.08. The van der Waals surface area contributed by atoms with Gasteiger partial charge in [0.05, 0.1) is 16.8 Å². The summed E-state index contributed by atoms with van der Waals surface area (Å²) in [6.45, 7) is 7.99. The lowest BCUT2D eigenvalue weighted by atomic mass is 10.1. The molecule has 0 radical (unpaired) electrons. The normalized spacial score (nSPS) is 11.6. The van der Waals surface area contributed by atoms with E-state index in [0.717, 1.165) is 12.7 Å². The summed E-state index contributed by atoms with van der Waals surface area (Å²) in [5.74, 6) is -0.176. The molecule has 0 unspecified atom stereocenters. The third kappa shape index (κ3) is 5.05. The fourth-order valence-electron chi connectivity index (χ4n) is 1.75. The van der Waals surface area contributed by atoms with Gasteiger partial charge in [-0.05, 0) is 18.2 Å². The maximum Gasteiger partial charge on any atom is 0.214 e. The van der Waals surface area contributed by atoms with E-state index in [1.54, 1.807) is 23.0 Å². The number of hydrogen-bond donors (Lipinski definition) is 0. The molecule has 0 aromatic carbocycles. The van der Waals surface area contributed by atoms with Crippen LogP contribution in [-0.2, 0) is 11.5 Å². The van der Waals surface area contributed by atoms with Crippen molar-refractivity contribution in [2.75, 3.05) is 6.61 Å². The van der Waals surface area contributed by atoms with Gasteiger partial charge in [0.2, 0.25) is 5.78 Å². The number of carbonyl (C=O) groups is 1. The molecule has 0 aliphatic carbocycles. The monoisotopic (exact) mass is 337 g/mol. The van der Waals surface area contributed by atoms with Crippen LogP contribution in [0.5, 0.6) is 0 Å². The molecule has 0 atom stereocenters. The Morgan fingerprint density at radius 1 is 1.32 bits per heavy atom. The highest BCUT2D eigenvalue weighted by Crippen LogP contribution is 2.11. The van der Waals surface area contributed by atoms with E-state index in [4.69, 9.17) is 16.3 Å². The van der Waals surface area contributed by atoms with Gasteiger partial charge in [-0.3, -0.25) is 9.78 Å². The lowest BCUT2D eigenvalue weighted by Crippen LogP contribution is -2.22. The number of halogens is 1. The van der Waals surface area contributed by atoms with Gasteiger partial charge in [-0.25, -0.2) is 4.68 Å². The Morgan fingerprint density at radius 3 is 2.73 bits per heavy atom. The van der Waals surface area contributed by atoms with E-state index in [9.17, 15) is 4.79 Å². The first-order chi connectivity index (χ1) is 10.3. The maximum absolute atomic E-state index is 12.2. The highest BCUT2D eigenvalue weighted by Gasteiger charge is 2.14. The third-order valence-corrected chi connectivity index (χ3v) is 5.00. The summed E-state index contributed by atoms with van der Waals surface area (Å²) >= 11 is 5.77. The second-order valence-corrected chi connectivity index (χ2v) is 12.4. The lowest BCUT2D eigenvalue weighted by molar-refractivity contribution is 0.0785. The van der Waals surface area contributed by atoms with Gasteiger partial charge in [0.25, 0.3) is 0 Å². The molecule has 5 nitrogen and oxygen atoms in total. The summed E-state index contributed by atoms with van der Waals surface area (Å²) in [6.07, 6.45) is 4.66. The second-order valence-electron chi connectivity index (χ2n) is 6.31. The van der Waals surface area contributed by atoms with Crippen molar-refractivity contribution in [3.8, 4) is 0 Å². The summed E-state index contributed by atoms with van der Waals surface area (Å²) in [6, 6.07) is 4.35. The number of hydrogen-bond acceptors (Lipinski definition) is 4. The first kappa shape index (κ1) is 16.9. The van der Waals surface area contributed by atoms with Crippen LogP contribution >= 0.6 is 11.6 Å². The van der Waals surface area contributed by atoms with Crippen LogP contribution in [0.3, 0.4) is 0 Å². The number of ketones is 1. The van der Waals surface area contributed by atoms with Crippen LogP contribution in [0.2, 0.25) is 30.7 Å². The van der Waals surface area contributed by atoms with Crippen molar-refractivity contribution in [2.24, 2.45) is 0 Å². The van der Waals surface area contributed by atoms with Gasteiger partial charge in [-0.15, -0.1) is 0 Å². The van der Waals surface area contributed by atoms with Crippen LogP contribution in [0.25, 0.3) is 0 Å². The molecule has 0 amide bonds. The van der Waals surface area contributed by atoms with Gasteiger partial charge in [-0.1, -0.05) is 31.2 Å². The predicted octanol–water partition coefficient (Wildman–Crippen LogP) is 3.47. The van der Waals surface area contributed by atoms with Crippen LogP contribution in [0.4, 0.5) is 0 Å². The van der Waals surface area contributed by atoms with Gasteiger partial charge in [-0.2, -0.15) is 5.10 Å². The Balaban J connectivity index is 1.91. The zero-order chi connectivity index (χ0) is 16.2. The van der Waals surface area contributed by atoms with Crippen LogP contribution < -0.4 is 0 Å². The molecule has 2 aromatic heterocycles. The summed E-state index contributed by atoms with van der Waals surface area (Å²) in [5, 5.41) is 4.65. The molecule has 22 heavy (non-hydrogen) atoms. The predicted molar refractivity (Wildman–Crippen MR) is 89.0 cm³/mol. The topological polar surface area (TPSA) is 57.0 Å². The number of carbonyl (C=O) groups excluding carboxylic acids is 1. The number of nitrogens with zero attached hydrogens (tertiary/aromatic N) is 3. The average Bonchev–Trinajstić information content (AvgIpc) is 2.91. The van der Waals surface area contributed by atoms with Gasteiger partial charge in [0, 0.05) is 27.1 Å². The smallest absolute Gasteiger partial charge is 0.214 e. The Bertz CT molecular complexity index is 635. The number of pyridine rings is 1. The molecule has 0 aliphatic heterocycles. The van der Waals surface area contributed by atoms with Crippen molar-refractivity contribution in [1.82, 2.24) is 14.8 Å². The molecule has 0 bridgehead atoms. The van der Waals surface area contributed by atoms with Crippen molar-refractivity contribution >= 4 is 25.5 Å². The van der Waals surface area contributed by atoms with E-state index in [-0.39, 0.29) is 5.78 Å². The van der Waals surface area contributed by atoms with Crippen molar-refractivity contribution in [2.45, 2.75) is 32.4 Å². The second kappa shape index (κ2) is 7.17. The minimum absolute atomic E-state index is 0.176. The van der Waals surface area contributed by atoms with Crippen LogP contribution in [-0.4, -0.2) is 35.2 Å². The van der Waals surface area contributed by atoms with Crippen LogP contribution in [0.1, 0.15) is 16.1 Å². The SMILES string of the molecule is C[Si](C)(C)CCOCn1cc(C(=O)c2ccc(Cl)cn2)cn1. The largest absolute Gasteiger partial charge is 0.360 e. The molecule has 7 heteroatoms. The van der Waals surface area contributed by atoms with Crippen molar-refractivity contribution in [1.29, 1.82) is 0 Å².